The van der Waals surface area contributed by atoms with Crippen LogP contribution in [0.2, 0.25) is 0 Å². The fourth-order valence-corrected chi connectivity index (χ4v) is 3.10. The van der Waals surface area contributed by atoms with Crippen LogP contribution >= 0.6 is 0 Å². The van der Waals surface area contributed by atoms with E-state index in [1.54, 1.807) is 0 Å². The molecule has 1 heterocycles. The molecule has 1 aromatic carbocycles. The molecule has 88 valence electrons. The van der Waals surface area contributed by atoms with E-state index in [1.165, 1.54) is 0 Å². The summed E-state index contributed by atoms with van der Waals surface area (Å²) in [5, 5.41) is 0. The van der Waals surface area contributed by atoms with Gasteiger partial charge in [0.25, 0.3) is 0 Å². The standard InChI is InChI=1S/C11H16N2O2S/c12-11-4-2-1-3-10(11)9-13-5-7-16(14,15)8-6-13/h1-4H,5-9,12H2. The van der Waals surface area contributed by atoms with Crippen LogP contribution in [0.15, 0.2) is 24.3 Å². The topological polar surface area (TPSA) is 63.4 Å². The molecular formula is C11H16N2O2S. The lowest BCUT2D eigenvalue weighted by Gasteiger charge is -2.26. The summed E-state index contributed by atoms with van der Waals surface area (Å²) in [5.41, 5.74) is 7.69. The van der Waals surface area contributed by atoms with Gasteiger partial charge in [-0.15, -0.1) is 0 Å². The van der Waals surface area contributed by atoms with E-state index in [0.29, 0.717) is 13.1 Å². The highest BCUT2D eigenvalue weighted by Crippen LogP contribution is 2.15. The highest BCUT2D eigenvalue weighted by atomic mass is 32.2. The van der Waals surface area contributed by atoms with Gasteiger partial charge in [0.15, 0.2) is 9.84 Å². The van der Waals surface area contributed by atoms with Gasteiger partial charge in [0, 0.05) is 25.3 Å². The van der Waals surface area contributed by atoms with Crippen molar-refractivity contribution in [1.82, 2.24) is 4.90 Å². The lowest BCUT2D eigenvalue weighted by Crippen LogP contribution is -2.39. The number of rotatable bonds is 2. The first kappa shape index (κ1) is 11.4. The number of nitrogens with two attached hydrogens (primary N) is 1. The Labute approximate surface area is 96.0 Å². The van der Waals surface area contributed by atoms with Crippen molar-refractivity contribution in [2.45, 2.75) is 6.54 Å². The van der Waals surface area contributed by atoms with Gasteiger partial charge >= 0.3 is 0 Å². The molecule has 0 aliphatic carbocycles. The SMILES string of the molecule is Nc1ccccc1CN1CCS(=O)(=O)CC1. The predicted octanol–water partition coefficient (Wildman–Crippen LogP) is 0.499. The van der Waals surface area contributed by atoms with Gasteiger partial charge in [-0.1, -0.05) is 18.2 Å². The van der Waals surface area contributed by atoms with E-state index in [0.717, 1.165) is 17.8 Å². The molecule has 4 nitrogen and oxygen atoms in total. The van der Waals surface area contributed by atoms with Crippen LogP contribution in [-0.4, -0.2) is 37.9 Å². The minimum absolute atomic E-state index is 0.264. The minimum Gasteiger partial charge on any atom is -0.398 e. The summed E-state index contributed by atoms with van der Waals surface area (Å²) in [5.74, 6) is 0.527. The van der Waals surface area contributed by atoms with E-state index in [1.807, 2.05) is 24.3 Å². The smallest absolute Gasteiger partial charge is 0.152 e. The molecule has 1 aliphatic rings. The zero-order chi connectivity index (χ0) is 11.6. The molecule has 0 spiro atoms. The number of benzene rings is 1. The van der Waals surface area contributed by atoms with Crippen LogP contribution < -0.4 is 5.73 Å². The molecule has 0 atom stereocenters. The second-order valence-corrected chi connectivity index (χ2v) is 6.43. The quantitative estimate of drug-likeness (QED) is 0.765. The van der Waals surface area contributed by atoms with Crippen molar-refractivity contribution in [2.24, 2.45) is 0 Å². The summed E-state index contributed by atoms with van der Waals surface area (Å²) in [6, 6.07) is 7.71. The average molecular weight is 240 g/mol. The lowest BCUT2D eigenvalue weighted by molar-refractivity contribution is 0.288. The third-order valence-corrected chi connectivity index (χ3v) is 4.50. The van der Waals surface area contributed by atoms with Crippen molar-refractivity contribution in [3.63, 3.8) is 0 Å². The molecule has 0 radical (unpaired) electrons. The van der Waals surface area contributed by atoms with E-state index in [-0.39, 0.29) is 11.5 Å². The third-order valence-electron chi connectivity index (χ3n) is 2.89. The van der Waals surface area contributed by atoms with Gasteiger partial charge in [-0.3, -0.25) is 4.90 Å². The van der Waals surface area contributed by atoms with Gasteiger partial charge in [0.05, 0.1) is 11.5 Å². The van der Waals surface area contributed by atoms with Crippen LogP contribution in [0.3, 0.4) is 0 Å². The van der Waals surface area contributed by atoms with Gasteiger partial charge < -0.3 is 5.73 Å². The maximum atomic E-state index is 11.3. The molecule has 0 unspecified atom stereocenters. The second-order valence-electron chi connectivity index (χ2n) is 4.13. The summed E-state index contributed by atoms with van der Waals surface area (Å²) >= 11 is 0. The Morgan fingerprint density at radius 2 is 1.81 bits per heavy atom. The van der Waals surface area contributed by atoms with Crippen LogP contribution in [-0.2, 0) is 16.4 Å². The zero-order valence-electron chi connectivity index (χ0n) is 9.09. The molecule has 1 aliphatic heterocycles. The Balaban J connectivity index is 2.00. The Morgan fingerprint density at radius 3 is 2.44 bits per heavy atom. The van der Waals surface area contributed by atoms with E-state index in [2.05, 4.69) is 4.90 Å². The molecule has 5 heteroatoms. The van der Waals surface area contributed by atoms with Crippen LogP contribution in [0.4, 0.5) is 5.69 Å². The van der Waals surface area contributed by atoms with Crippen molar-refractivity contribution in [2.75, 3.05) is 30.3 Å². The van der Waals surface area contributed by atoms with E-state index < -0.39 is 9.84 Å². The molecule has 0 bridgehead atoms. The number of hydrogen-bond acceptors (Lipinski definition) is 4. The molecule has 16 heavy (non-hydrogen) atoms. The van der Waals surface area contributed by atoms with Crippen LogP contribution in [0, 0.1) is 0 Å². The maximum Gasteiger partial charge on any atom is 0.152 e. The number of nitrogen functional groups attached to an aromatic ring is 1. The van der Waals surface area contributed by atoms with Gasteiger partial charge in [-0.25, -0.2) is 8.42 Å². The Bertz CT molecular complexity index is 457. The number of sulfone groups is 1. The van der Waals surface area contributed by atoms with Gasteiger partial charge in [-0.2, -0.15) is 0 Å². The van der Waals surface area contributed by atoms with Crippen molar-refractivity contribution in [1.29, 1.82) is 0 Å². The van der Waals surface area contributed by atoms with Crippen LogP contribution in [0.25, 0.3) is 0 Å². The summed E-state index contributed by atoms with van der Waals surface area (Å²) < 4.78 is 22.5. The summed E-state index contributed by atoms with van der Waals surface area (Å²) in [6.07, 6.45) is 0. The molecule has 0 amide bonds. The Morgan fingerprint density at radius 1 is 1.19 bits per heavy atom. The van der Waals surface area contributed by atoms with Crippen LogP contribution in [0.1, 0.15) is 5.56 Å². The fourth-order valence-electron chi connectivity index (χ4n) is 1.83. The van der Waals surface area contributed by atoms with Crippen molar-refractivity contribution in [3.05, 3.63) is 29.8 Å². The van der Waals surface area contributed by atoms with Gasteiger partial charge in [-0.05, 0) is 11.6 Å². The normalized spacial score (nSPS) is 20.8. The van der Waals surface area contributed by atoms with E-state index in [9.17, 15) is 8.42 Å². The molecule has 0 aromatic heterocycles. The summed E-state index contributed by atoms with van der Waals surface area (Å²) in [6.45, 7) is 1.95. The number of hydrogen-bond donors (Lipinski definition) is 1. The molecule has 1 saturated heterocycles. The predicted molar refractivity (Wildman–Crippen MR) is 64.8 cm³/mol. The first-order chi connectivity index (χ1) is 7.57. The van der Waals surface area contributed by atoms with Crippen molar-refractivity contribution in [3.8, 4) is 0 Å². The van der Waals surface area contributed by atoms with Crippen LogP contribution in [0.5, 0.6) is 0 Å². The first-order valence-corrected chi connectivity index (χ1v) is 7.15. The fraction of sp³-hybridized carbons (Fsp3) is 0.455. The minimum atomic E-state index is -2.79. The highest BCUT2D eigenvalue weighted by Gasteiger charge is 2.21. The lowest BCUT2D eigenvalue weighted by atomic mass is 10.1. The molecule has 1 aromatic rings. The third kappa shape index (κ3) is 2.74. The first-order valence-electron chi connectivity index (χ1n) is 5.33. The van der Waals surface area contributed by atoms with E-state index >= 15 is 0 Å². The van der Waals surface area contributed by atoms with Crippen molar-refractivity contribution < 1.29 is 8.42 Å². The maximum absolute atomic E-state index is 11.3. The molecular weight excluding hydrogens is 224 g/mol. The molecule has 0 saturated carbocycles. The van der Waals surface area contributed by atoms with Gasteiger partial charge in [0.1, 0.15) is 0 Å². The van der Waals surface area contributed by atoms with E-state index in [4.69, 9.17) is 5.73 Å². The highest BCUT2D eigenvalue weighted by molar-refractivity contribution is 7.91. The molecule has 2 rings (SSSR count). The monoisotopic (exact) mass is 240 g/mol. The number of para-hydroxylation sites is 1. The number of anilines is 1. The number of nitrogens with zero attached hydrogens (tertiary/aromatic N) is 1. The van der Waals surface area contributed by atoms with Crippen molar-refractivity contribution >= 4 is 15.5 Å². The molecule has 2 N–H and O–H groups in total. The zero-order valence-corrected chi connectivity index (χ0v) is 9.91. The molecule has 1 fully saturated rings. The Kier molecular flexibility index (Phi) is 3.16. The average Bonchev–Trinajstić information content (AvgIpc) is 2.24. The second kappa shape index (κ2) is 4.43. The Hall–Kier alpha value is -1.07. The largest absolute Gasteiger partial charge is 0.398 e. The summed E-state index contributed by atoms with van der Waals surface area (Å²) in [7, 11) is -2.79. The summed E-state index contributed by atoms with van der Waals surface area (Å²) in [4.78, 5) is 2.13. The van der Waals surface area contributed by atoms with Gasteiger partial charge in [0.2, 0.25) is 0 Å².